The maximum absolute atomic E-state index is 14.2. The van der Waals surface area contributed by atoms with E-state index < -0.39 is 6.04 Å². The van der Waals surface area contributed by atoms with Gasteiger partial charge in [0, 0.05) is 42.8 Å². The van der Waals surface area contributed by atoms with Crippen LogP contribution < -0.4 is 16.0 Å². The average Bonchev–Trinajstić information content (AvgIpc) is 3.37. The summed E-state index contributed by atoms with van der Waals surface area (Å²) in [5.74, 6) is -0.0469. The first-order valence-corrected chi connectivity index (χ1v) is 11.8. The van der Waals surface area contributed by atoms with Crippen LogP contribution in [0.25, 0.3) is 0 Å². The van der Waals surface area contributed by atoms with Gasteiger partial charge < -0.3 is 16.0 Å². The van der Waals surface area contributed by atoms with Gasteiger partial charge in [0.25, 0.3) is 0 Å². The normalized spacial score (nSPS) is 33.1. The zero-order chi connectivity index (χ0) is 21.6. The summed E-state index contributed by atoms with van der Waals surface area (Å²) in [6.45, 7) is 4.63. The number of halogens is 1. The van der Waals surface area contributed by atoms with Gasteiger partial charge in [-0.1, -0.05) is 6.07 Å². The van der Waals surface area contributed by atoms with Crippen molar-refractivity contribution in [1.29, 1.82) is 0 Å². The number of nitrogens with one attached hydrogen (secondary N) is 3. The lowest BCUT2D eigenvalue weighted by atomic mass is 9.77. The number of aryl methyl sites for hydroxylation is 1. The Balaban J connectivity index is 1.20. The lowest BCUT2D eigenvalue weighted by Crippen LogP contribution is -2.54. The Morgan fingerprint density at radius 2 is 2.13 bits per heavy atom. The number of benzene rings is 1. The van der Waals surface area contributed by atoms with Gasteiger partial charge in [-0.25, -0.2) is 4.39 Å². The van der Waals surface area contributed by atoms with Crippen molar-refractivity contribution in [3.05, 3.63) is 29.1 Å². The van der Waals surface area contributed by atoms with E-state index in [-0.39, 0.29) is 29.1 Å². The standard InChI is InChI=1S/C24H33FN4O2/c1-15-6-7-19(25)18-13-20(28-21(15)18)22(30)27-16-4-2-5-17(12-16)29-11-3-8-24(14-29)9-10-26-23(24)31/h6-7,16-17,20,28H,2-5,8-14H2,1H3,(H,26,31)(H,27,30)/t16-,17+,20?,24?/m1/s1. The first kappa shape index (κ1) is 20.7. The number of carbonyl (C=O) groups is 2. The third-order valence-corrected chi connectivity index (χ3v) is 7.99. The van der Waals surface area contributed by atoms with Crippen molar-refractivity contribution in [2.75, 3.05) is 25.0 Å². The Bertz CT molecular complexity index is 860. The van der Waals surface area contributed by atoms with Crippen LogP contribution in [0.4, 0.5) is 10.1 Å². The lowest BCUT2D eigenvalue weighted by molar-refractivity contribution is -0.131. The van der Waals surface area contributed by atoms with Crippen molar-refractivity contribution >= 4 is 17.5 Å². The maximum Gasteiger partial charge on any atom is 0.243 e. The molecule has 0 bridgehead atoms. The fourth-order valence-electron chi connectivity index (χ4n) is 6.24. The van der Waals surface area contributed by atoms with Crippen LogP contribution in [0, 0.1) is 18.2 Å². The average molecular weight is 429 g/mol. The fraction of sp³-hybridized carbons (Fsp3) is 0.667. The molecular formula is C24H33FN4O2. The third kappa shape index (κ3) is 3.81. The van der Waals surface area contributed by atoms with Crippen molar-refractivity contribution in [2.24, 2.45) is 5.41 Å². The van der Waals surface area contributed by atoms with Crippen molar-refractivity contribution in [3.63, 3.8) is 0 Å². The highest BCUT2D eigenvalue weighted by molar-refractivity contribution is 5.88. The molecule has 0 aromatic heterocycles. The number of nitrogens with zero attached hydrogens (tertiary/aromatic N) is 1. The highest BCUT2D eigenvalue weighted by Gasteiger charge is 2.46. The highest BCUT2D eigenvalue weighted by Crippen LogP contribution is 2.39. The largest absolute Gasteiger partial charge is 0.373 e. The smallest absolute Gasteiger partial charge is 0.243 e. The quantitative estimate of drug-likeness (QED) is 0.692. The molecule has 1 saturated carbocycles. The first-order valence-electron chi connectivity index (χ1n) is 11.8. The van der Waals surface area contributed by atoms with Gasteiger partial charge in [-0.15, -0.1) is 0 Å². The Morgan fingerprint density at radius 3 is 2.90 bits per heavy atom. The molecule has 4 aliphatic rings. The third-order valence-electron chi connectivity index (χ3n) is 7.99. The van der Waals surface area contributed by atoms with E-state index in [0.717, 1.165) is 75.8 Å². The minimum atomic E-state index is -0.411. The van der Waals surface area contributed by atoms with Gasteiger partial charge in [0.15, 0.2) is 0 Å². The molecule has 1 aromatic rings. The molecule has 5 rings (SSSR count). The summed E-state index contributed by atoms with van der Waals surface area (Å²) in [6, 6.07) is 3.38. The van der Waals surface area contributed by atoms with E-state index in [0.29, 0.717) is 18.0 Å². The SMILES string of the molecule is Cc1ccc(F)c2c1NC(C(=O)N[C@@H]1CCC[C@H](N3CCCC4(CCNC4=O)C3)C1)C2. The van der Waals surface area contributed by atoms with E-state index in [1.54, 1.807) is 6.07 Å². The van der Waals surface area contributed by atoms with Gasteiger partial charge in [0.1, 0.15) is 11.9 Å². The van der Waals surface area contributed by atoms with Crippen molar-refractivity contribution < 1.29 is 14.0 Å². The Labute approximate surface area is 183 Å². The van der Waals surface area contributed by atoms with E-state index in [1.807, 2.05) is 6.92 Å². The van der Waals surface area contributed by atoms with Crippen LogP contribution in [-0.2, 0) is 16.0 Å². The molecule has 31 heavy (non-hydrogen) atoms. The minimum absolute atomic E-state index is 0.0362. The minimum Gasteiger partial charge on any atom is -0.373 e. The van der Waals surface area contributed by atoms with Gasteiger partial charge in [0.05, 0.1) is 5.41 Å². The number of hydrogen-bond acceptors (Lipinski definition) is 4. The summed E-state index contributed by atoms with van der Waals surface area (Å²) < 4.78 is 14.2. The lowest BCUT2D eigenvalue weighted by Gasteiger charge is -2.45. The van der Waals surface area contributed by atoms with Crippen molar-refractivity contribution in [2.45, 2.75) is 76.4 Å². The molecule has 3 N–H and O–H groups in total. The molecule has 2 unspecified atom stereocenters. The zero-order valence-corrected chi connectivity index (χ0v) is 18.3. The summed E-state index contributed by atoms with van der Waals surface area (Å²) in [6.07, 6.45) is 7.51. The second-order valence-electron chi connectivity index (χ2n) is 10.0. The summed E-state index contributed by atoms with van der Waals surface area (Å²) >= 11 is 0. The van der Waals surface area contributed by atoms with E-state index in [4.69, 9.17) is 0 Å². The molecule has 4 atom stereocenters. The molecule has 3 heterocycles. The molecule has 6 nitrogen and oxygen atoms in total. The van der Waals surface area contributed by atoms with Crippen LogP contribution in [0.5, 0.6) is 0 Å². The predicted molar refractivity (Wildman–Crippen MR) is 117 cm³/mol. The molecule has 1 aliphatic carbocycles. The van der Waals surface area contributed by atoms with Gasteiger partial charge in [-0.05, 0) is 70.0 Å². The molecule has 1 aromatic carbocycles. The van der Waals surface area contributed by atoms with Crippen molar-refractivity contribution in [1.82, 2.24) is 15.5 Å². The van der Waals surface area contributed by atoms with Crippen LogP contribution >= 0.6 is 0 Å². The topological polar surface area (TPSA) is 73.5 Å². The van der Waals surface area contributed by atoms with E-state index in [2.05, 4.69) is 20.9 Å². The fourth-order valence-corrected chi connectivity index (χ4v) is 6.24. The van der Waals surface area contributed by atoms with E-state index in [1.165, 1.54) is 6.07 Å². The van der Waals surface area contributed by atoms with Crippen LogP contribution in [0.1, 0.15) is 56.1 Å². The van der Waals surface area contributed by atoms with E-state index in [9.17, 15) is 14.0 Å². The monoisotopic (exact) mass is 428 g/mol. The number of amides is 2. The number of rotatable bonds is 3. The summed E-state index contributed by atoms with van der Waals surface area (Å²) in [4.78, 5) is 27.9. The number of piperidine rings is 1. The van der Waals surface area contributed by atoms with Crippen LogP contribution in [0.2, 0.25) is 0 Å². The summed E-state index contributed by atoms with van der Waals surface area (Å²) in [5.41, 5.74) is 2.17. The number of fused-ring (bicyclic) bond motifs is 1. The number of anilines is 1. The van der Waals surface area contributed by atoms with Crippen molar-refractivity contribution in [3.8, 4) is 0 Å². The number of carbonyl (C=O) groups excluding carboxylic acids is 2. The maximum atomic E-state index is 14.2. The Kier molecular flexibility index (Phi) is 5.40. The molecule has 7 heteroatoms. The first-order chi connectivity index (χ1) is 14.9. The van der Waals surface area contributed by atoms with Crippen LogP contribution in [-0.4, -0.2) is 54.5 Å². The van der Waals surface area contributed by atoms with Gasteiger partial charge in [-0.2, -0.15) is 0 Å². The Hall–Kier alpha value is -2.15. The zero-order valence-electron chi connectivity index (χ0n) is 18.3. The van der Waals surface area contributed by atoms with Gasteiger partial charge in [-0.3, -0.25) is 14.5 Å². The summed E-state index contributed by atoms with van der Waals surface area (Å²) in [7, 11) is 0. The second-order valence-corrected chi connectivity index (χ2v) is 10.0. The molecule has 2 amide bonds. The number of likely N-dealkylation sites (tertiary alicyclic amines) is 1. The summed E-state index contributed by atoms with van der Waals surface area (Å²) in [5, 5.41) is 9.51. The van der Waals surface area contributed by atoms with Gasteiger partial charge in [0.2, 0.25) is 11.8 Å². The molecular weight excluding hydrogens is 395 g/mol. The van der Waals surface area contributed by atoms with Crippen LogP contribution in [0.3, 0.4) is 0 Å². The molecule has 1 spiro atoms. The number of hydrogen-bond donors (Lipinski definition) is 3. The molecule has 3 fully saturated rings. The molecule has 0 radical (unpaired) electrons. The highest BCUT2D eigenvalue weighted by atomic mass is 19.1. The van der Waals surface area contributed by atoms with E-state index >= 15 is 0 Å². The van der Waals surface area contributed by atoms with Gasteiger partial charge >= 0.3 is 0 Å². The molecule has 3 aliphatic heterocycles. The molecule has 2 saturated heterocycles. The Morgan fingerprint density at radius 1 is 1.26 bits per heavy atom. The predicted octanol–water partition coefficient (Wildman–Crippen LogP) is 2.50. The van der Waals surface area contributed by atoms with Crippen LogP contribution in [0.15, 0.2) is 12.1 Å². The molecule has 168 valence electrons. The second kappa shape index (κ2) is 8.08.